The Hall–Kier alpha value is -0.870. The van der Waals surface area contributed by atoms with Crippen molar-refractivity contribution in [2.24, 2.45) is 0 Å². The van der Waals surface area contributed by atoms with Crippen LogP contribution in [-0.4, -0.2) is 51.1 Å². The fourth-order valence-electron chi connectivity index (χ4n) is 0.913. The van der Waals surface area contributed by atoms with Crippen LogP contribution in [0.3, 0.4) is 0 Å². The van der Waals surface area contributed by atoms with Crippen molar-refractivity contribution in [1.29, 1.82) is 0 Å². The molecule has 0 aliphatic heterocycles. The number of nitrogens with zero attached hydrogens (tertiary/aromatic N) is 1. The lowest BCUT2D eigenvalue weighted by Gasteiger charge is -2.10. The highest BCUT2D eigenvalue weighted by Crippen LogP contribution is 1.78. The lowest BCUT2D eigenvalue weighted by Crippen LogP contribution is -2.33. The topological polar surface area (TPSA) is 44.4 Å². The second-order valence-electron chi connectivity index (χ2n) is 3.40. The van der Waals surface area contributed by atoms with E-state index in [1.165, 1.54) is 0 Å². The first-order valence-electron chi connectivity index (χ1n) is 4.90. The molecule has 0 rings (SSSR count). The van der Waals surface area contributed by atoms with E-state index in [1.807, 2.05) is 19.0 Å². The van der Waals surface area contributed by atoms with Crippen LogP contribution in [0.2, 0.25) is 0 Å². The Morgan fingerprint density at radius 3 is 2.71 bits per heavy atom. The van der Waals surface area contributed by atoms with Gasteiger partial charge in [0.15, 0.2) is 0 Å². The average molecular weight is 199 g/mol. The molecule has 0 aliphatic rings. The molecule has 0 saturated carbocycles. The monoisotopic (exact) mass is 199 g/mol. The predicted octanol–water partition coefficient (Wildman–Crippen LogP) is -0.170. The zero-order valence-electron chi connectivity index (χ0n) is 9.18. The highest BCUT2D eigenvalue weighted by Gasteiger charge is 1.99. The van der Waals surface area contributed by atoms with Crippen LogP contribution in [0.15, 0.2) is 12.7 Å². The smallest absolute Gasteiger partial charge is 0.221 e. The summed E-state index contributed by atoms with van der Waals surface area (Å²) in [5, 5.41) is 5.92. The highest BCUT2D eigenvalue weighted by molar-refractivity contribution is 5.76. The van der Waals surface area contributed by atoms with Crippen molar-refractivity contribution in [3.05, 3.63) is 12.7 Å². The van der Waals surface area contributed by atoms with Gasteiger partial charge in [0.1, 0.15) is 0 Å². The van der Waals surface area contributed by atoms with Gasteiger partial charge < -0.3 is 15.5 Å². The van der Waals surface area contributed by atoms with Crippen LogP contribution in [0.5, 0.6) is 0 Å². The van der Waals surface area contributed by atoms with Crippen molar-refractivity contribution < 1.29 is 4.79 Å². The molecule has 0 radical (unpaired) electrons. The van der Waals surface area contributed by atoms with Gasteiger partial charge in [-0.1, -0.05) is 6.08 Å². The Labute approximate surface area is 86.4 Å². The first-order valence-corrected chi connectivity index (χ1v) is 4.90. The van der Waals surface area contributed by atoms with Gasteiger partial charge in [-0.3, -0.25) is 4.79 Å². The van der Waals surface area contributed by atoms with E-state index >= 15 is 0 Å². The normalized spacial score (nSPS) is 10.2. The Balaban J connectivity index is 3.23. The summed E-state index contributed by atoms with van der Waals surface area (Å²) < 4.78 is 0. The molecule has 0 fully saturated rings. The number of nitrogens with one attached hydrogen (secondary N) is 2. The van der Waals surface area contributed by atoms with Gasteiger partial charge in [-0.15, -0.1) is 6.58 Å². The zero-order valence-corrected chi connectivity index (χ0v) is 9.18. The van der Waals surface area contributed by atoms with Gasteiger partial charge in [0.2, 0.25) is 5.91 Å². The van der Waals surface area contributed by atoms with Crippen molar-refractivity contribution in [2.45, 2.75) is 6.42 Å². The molecule has 2 N–H and O–H groups in total. The first kappa shape index (κ1) is 13.1. The molecule has 4 nitrogen and oxygen atoms in total. The summed E-state index contributed by atoms with van der Waals surface area (Å²) in [5.74, 6) is 0.100. The number of carbonyl (C=O) groups excluding carboxylic acids is 1. The number of amides is 1. The van der Waals surface area contributed by atoms with E-state index in [0.717, 1.165) is 13.1 Å². The number of hydrogen-bond donors (Lipinski definition) is 2. The summed E-state index contributed by atoms with van der Waals surface area (Å²) in [6.45, 7) is 6.64. The van der Waals surface area contributed by atoms with E-state index in [-0.39, 0.29) is 5.91 Å². The second-order valence-corrected chi connectivity index (χ2v) is 3.40. The first-order chi connectivity index (χ1) is 6.66. The molecule has 4 heteroatoms. The van der Waals surface area contributed by atoms with Gasteiger partial charge in [0, 0.05) is 32.6 Å². The summed E-state index contributed by atoms with van der Waals surface area (Å²) in [6, 6.07) is 0. The summed E-state index contributed by atoms with van der Waals surface area (Å²) in [7, 11) is 3.97. The maximum Gasteiger partial charge on any atom is 0.221 e. The number of hydrogen-bond acceptors (Lipinski definition) is 3. The SMILES string of the molecule is C=CCNCCC(=O)NCCN(C)C. The predicted molar refractivity (Wildman–Crippen MR) is 59.2 cm³/mol. The molecule has 1 amide bonds. The molecule has 0 unspecified atom stereocenters. The Kier molecular flexibility index (Phi) is 8.17. The fourth-order valence-corrected chi connectivity index (χ4v) is 0.913. The molecule has 0 aromatic heterocycles. The molecule has 0 aliphatic carbocycles. The molecule has 0 bridgehead atoms. The van der Waals surface area contributed by atoms with Crippen LogP contribution in [0.1, 0.15) is 6.42 Å². The minimum absolute atomic E-state index is 0.100. The molecular formula is C10H21N3O. The fraction of sp³-hybridized carbons (Fsp3) is 0.700. The van der Waals surface area contributed by atoms with Crippen molar-refractivity contribution >= 4 is 5.91 Å². The minimum atomic E-state index is 0.100. The highest BCUT2D eigenvalue weighted by atomic mass is 16.1. The molecule has 0 atom stereocenters. The second kappa shape index (κ2) is 8.72. The van der Waals surface area contributed by atoms with E-state index in [9.17, 15) is 4.79 Å². The third-order valence-corrected chi connectivity index (χ3v) is 1.70. The maximum atomic E-state index is 11.2. The van der Waals surface area contributed by atoms with E-state index in [4.69, 9.17) is 0 Å². The van der Waals surface area contributed by atoms with E-state index in [2.05, 4.69) is 17.2 Å². The largest absolute Gasteiger partial charge is 0.355 e. The Morgan fingerprint density at radius 2 is 2.14 bits per heavy atom. The molecule has 14 heavy (non-hydrogen) atoms. The lowest BCUT2D eigenvalue weighted by molar-refractivity contribution is -0.121. The van der Waals surface area contributed by atoms with Gasteiger partial charge in [-0.25, -0.2) is 0 Å². The van der Waals surface area contributed by atoms with Crippen molar-refractivity contribution in [1.82, 2.24) is 15.5 Å². The zero-order chi connectivity index (χ0) is 10.8. The maximum absolute atomic E-state index is 11.2. The van der Waals surface area contributed by atoms with Gasteiger partial charge in [0.25, 0.3) is 0 Å². The third-order valence-electron chi connectivity index (χ3n) is 1.70. The molecule has 0 spiro atoms. The van der Waals surface area contributed by atoms with Gasteiger partial charge in [0.05, 0.1) is 0 Å². The van der Waals surface area contributed by atoms with E-state index in [0.29, 0.717) is 19.5 Å². The lowest BCUT2D eigenvalue weighted by atomic mass is 10.4. The molecule has 0 heterocycles. The summed E-state index contributed by atoms with van der Waals surface area (Å²) in [6.07, 6.45) is 2.31. The van der Waals surface area contributed by atoms with Crippen LogP contribution in [0.25, 0.3) is 0 Å². The number of carbonyl (C=O) groups is 1. The molecule has 0 saturated heterocycles. The molecule has 0 aromatic carbocycles. The number of rotatable bonds is 8. The van der Waals surface area contributed by atoms with Crippen LogP contribution in [-0.2, 0) is 4.79 Å². The quantitative estimate of drug-likeness (QED) is 0.421. The number of likely N-dealkylation sites (N-methyl/N-ethyl adjacent to an activating group) is 1. The van der Waals surface area contributed by atoms with E-state index < -0.39 is 0 Å². The third kappa shape index (κ3) is 9.22. The van der Waals surface area contributed by atoms with Crippen molar-refractivity contribution in [3.8, 4) is 0 Å². The molecule has 0 aromatic rings. The van der Waals surface area contributed by atoms with Crippen molar-refractivity contribution in [2.75, 3.05) is 40.3 Å². The van der Waals surface area contributed by atoms with Gasteiger partial charge in [-0.05, 0) is 14.1 Å². The van der Waals surface area contributed by atoms with Crippen LogP contribution in [0.4, 0.5) is 0 Å². The van der Waals surface area contributed by atoms with Crippen LogP contribution in [0, 0.1) is 0 Å². The van der Waals surface area contributed by atoms with E-state index in [1.54, 1.807) is 6.08 Å². The molecule has 82 valence electrons. The average Bonchev–Trinajstić information content (AvgIpc) is 2.12. The summed E-state index contributed by atoms with van der Waals surface area (Å²) >= 11 is 0. The summed E-state index contributed by atoms with van der Waals surface area (Å²) in [4.78, 5) is 13.2. The van der Waals surface area contributed by atoms with Crippen LogP contribution >= 0.6 is 0 Å². The van der Waals surface area contributed by atoms with Gasteiger partial charge >= 0.3 is 0 Å². The standard InChI is InChI=1S/C10H21N3O/c1-4-6-11-7-5-10(14)12-8-9-13(2)3/h4,11H,1,5-9H2,2-3H3,(H,12,14). The molecular weight excluding hydrogens is 178 g/mol. The summed E-state index contributed by atoms with van der Waals surface area (Å²) in [5.41, 5.74) is 0. The Morgan fingerprint density at radius 1 is 1.43 bits per heavy atom. The van der Waals surface area contributed by atoms with Crippen LogP contribution < -0.4 is 10.6 Å². The Bertz CT molecular complexity index is 169. The van der Waals surface area contributed by atoms with Crippen molar-refractivity contribution in [3.63, 3.8) is 0 Å². The minimum Gasteiger partial charge on any atom is -0.355 e. The van der Waals surface area contributed by atoms with Gasteiger partial charge in [-0.2, -0.15) is 0 Å².